The van der Waals surface area contributed by atoms with Gasteiger partial charge in [-0.1, -0.05) is 211 Å². The van der Waals surface area contributed by atoms with Crippen molar-refractivity contribution < 1.29 is 28.0 Å². The average Bonchev–Trinajstić information content (AvgIpc) is 3.14. The van der Waals surface area contributed by atoms with E-state index in [1.165, 1.54) is 141 Å². The second-order valence-electron chi connectivity index (χ2n) is 15.8. The minimum atomic E-state index is -4.45. The first-order chi connectivity index (χ1) is 26.2. The van der Waals surface area contributed by atoms with E-state index in [2.05, 4.69) is 43.5 Å². The highest BCUT2D eigenvalue weighted by molar-refractivity contribution is 7.85. The van der Waals surface area contributed by atoms with Crippen molar-refractivity contribution in [2.45, 2.75) is 244 Å². The van der Waals surface area contributed by atoms with Crippen LogP contribution in [-0.4, -0.2) is 53.1 Å². The molecule has 7 nitrogen and oxygen atoms in total. The van der Waals surface area contributed by atoms with E-state index in [0.29, 0.717) is 6.42 Å². The minimum absolute atomic E-state index is 0.269. The Morgan fingerprint density at radius 2 is 0.870 bits per heavy atom. The number of carbonyl (C=O) groups excluding carboxylic acids is 1. The number of unbranched alkanes of at least 4 members (excludes halogenated alkanes) is 28. The Labute approximate surface area is 334 Å². The second-order valence-corrected chi connectivity index (χ2v) is 17.3. The number of amides is 1. The van der Waals surface area contributed by atoms with Crippen LogP contribution in [0.4, 0.5) is 0 Å². The van der Waals surface area contributed by atoms with Crippen LogP contribution < -0.4 is 5.32 Å². The second kappa shape index (κ2) is 39.7. The fourth-order valence-corrected chi connectivity index (χ4v) is 7.63. The van der Waals surface area contributed by atoms with E-state index in [1.54, 1.807) is 6.08 Å². The van der Waals surface area contributed by atoms with Crippen LogP contribution in [0.1, 0.15) is 226 Å². The van der Waals surface area contributed by atoms with Gasteiger partial charge in [0.05, 0.1) is 17.9 Å². The third-order valence-electron chi connectivity index (χ3n) is 10.4. The van der Waals surface area contributed by atoms with Crippen molar-refractivity contribution >= 4 is 16.0 Å². The Kier molecular flexibility index (Phi) is 38.7. The summed E-state index contributed by atoms with van der Waals surface area (Å²) in [5.74, 6) is -1.54. The lowest BCUT2D eigenvalue weighted by molar-refractivity contribution is -0.130. The van der Waals surface area contributed by atoms with Crippen LogP contribution in [0.25, 0.3) is 0 Å². The molecular formula is C46H87NO6S. The van der Waals surface area contributed by atoms with E-state index >= 15 is 0 Å². The molecule has 0 heterocycles. The van der Waals surface area contributed by atoms with Gasteiger partial charge >= 0.3 is 0 Å². The standard InChI is InChI=1S/C46H87NO6S/c1-3-5-7-9-11-13-15-17-19-20-21-22-23-24-25-27-29-31-33-35-37-39-41-45(49)46(50)47-43(42-54(51,52)53)44(48)40-38-36-34-32-30-28-26-18-16-14-12-10-8-6-4-2/h21-22,24-25,38,40,43-45,48-49H,3-20,23,26-37,39,41-42H2,1-2H3,(H,47,50)(H,51,52,53)/b22-21-,25-24-,40-38+. The van der Waals surface area contributed by atoms with Crippen molar-refractivity contribution in [1.82, 2.24) is 5.32 Å². The summed E-state index contributed by atoms with van der Waals surface area (Å²) in [6, 6.07) is -1.24. The highest BCUT2D eigenvalue weighted by atomic mass is 32.2. The summed E-state index contributed by atoms with van der Waals surface area (Å²) in [5.41, 5.74) is 0. The number of allylic oxidation sites excluding steroid dienone is 5. The average molecular weight is 782 g/mol. The van der Waals surface area contributed by atoms with Crippen LogP contribution in [0.3, 0.4) is 0 Å². The highest BCUT2D eigenvalue weighted by Gasteiger charge is 2.27. The molecule has 4 N–H and O–H groups in total. The van der Waals surface area contributed by atoms with Crippen LogP contribution in [0.2, 0.25) is 0 Å². The summed E-state index contributed by atoms with van der Waals surface area (Å²) in [5, 5.41) is 23.4. The zero-order valence-corrected chi connectivity index (χ0v) is 36.0. The number of hydrogen-bond donors (Lipinski definition) is 4. The normalized spacial score (nSPS) is 14.1. The van der Waals surface area contributed by atoms with Crippen molar-refractivity contribution in [1.29, 1.82) is 0 Å². The Morgan fingerprint density at radius 1 is 0.519 bits per heavy atom. The van der Waals surface area contributed by atoms with Gasteiger partial charge < -0.3 is 15.5 Å². The van der Waals surface area contributed by atoms with Gasteiger partial charge in [-0.05, 0) is 51.4 Å². The molecule has 3 unspecified atom stereocenters. The lowest BCUT2D eigenvalue weighted by atomic mass is 10.0. The van der Waals surface area contributed by atoms with Crippen LogP contribution in [0.15, 0.2) is 36.5 Å². The number of aliphatic hydroxyl groups excluding tert-OH is 2. The van der Waals surface area contributed by atoms with Crippen LogP contribution in [-0.2, 0) is 14.9 Å². The third-order valence-corrected chi connectivity index (χ3v) is 11.2. The molecule has 0 spiro atoms. The molecule has 0 aliphatic carbocycles. The van der Waals surface area contributed by atoms with Gasteiger partial charge in [-0.3, -0.25) is 9.35 Å². The molecule has 0 fully saturated rings. The number of rotatable bonds is 41. The Hall–Kier alpha value is -1.48. The molecule has 0 aliphatic heterocycles. The molecule has 0 saturated carbocycles. The first-order valence-electron chi connectivity index (χ1n) is 22.8. The minimum Gasteiger partial charge on any atom is -0.387 e. The van der Waals surface area contributed by atoms with Crippen LogP contribution >= 0.6 is 0 Å². The maximum Gasteiger partial charge on any atom is 0.267 e. The molecule has 3 atom stereocenters. The predicted molar refractivity (Wildman–Crippen MR) is 231 cm³/mol. The summed E-state index contributed by atoms with van der Waals surface area (Å²) < 4.78 is 32.6. The summed E-state index contributed by atoms with van der Waals surface area (Å²) >= 11 is 0. The maximum absolute atomic E-state index is 12.6. The van der Waals surface area contributed by atoms with E-state index < -0.39 is 40.0 Å². The van der Waals surface area contributed by atoms with Crippen molar-refractivity contribution in [3.05, 3.63) is 36.5 Å². The first kappa shape index (κ1) is 52.5. The molecule has 0 bridgehead atoms. The van der Waals surface area contributed by atoms with Crippen molar-refractivity contribution in [2.75, 3.05) is 5.75 Å². The molecule has 0 radical (unpaired) electrons. The van der Waals surface area contributed by atoms with Gasteiger partial charge in [-0.2, -0.15) is 8.42 Å². The van der Waals surface area contributed by atoms with Gasteiger partial charge in [-0.15, -0.1) is 0 Å². The molecule has 0 aromatic rings. The van der Waals surface area contributed by atoms with E-state index in [-0.39, 0.29) is 6.42 Å². The van der Waals surface area contributed by atoms with Crippen LogP contribution in [0, 0.1) is 0 Å². The predicted octanol–water partition coefficient (Wildman–Crippen LogP) is 12.7. The topological polar surface area (TPSA) is 124 Å². The van der Waals surface area contributed by atoms with Crippen LogP contribution in [0.5, 0.6) is 0 Å². The fraction of sp³-hybridized carbons (Fsp3) is 0.848. The van der Waals surface area contributed by atoms with E-state index in [0.717, 1.165) is 64.2 Å². The molecule has 0 aromatic carbocycles. The van der Waals surface area contributed by atoms with E-state index in [4.69, 9.17) is 0 Å². The molecule has 0 saturated heterocycles. The molecule has 0 aromatic heterocycles. The van der Waals surface area contributed by atoms with Crippen molar-refractivity contribution in [2.24, 2.45) is 0 Å². The molecule has 54 heavy (non-hydrogen) atoms. The Bertz CT molecular complexity index is 1010. The monoisotopic (exact) mass is 782 g/mol. The smallest absolute Gasteiger partial charge is 0.267 e. The Balaban J connectivity index is 3.98. The van der Waals surface area contributed by atoms with Gasteiger partial charge in [0.2, 0.25) is 5.91 Å². The first-order valence-corrected chi connectivity index (χ1v) is 24.4. The summed E-state index contributed by atoms with van der Waals surface area (Å²) in [4.78, 5) is 12.6. The fourth-order valence-electron chi connectivity index (χ4n) is 6.90. The number of aliphatic hydroxyl groups is 2. The molecule has 0 rings (SSSR count). The number of nitrogens with one attached hydrogen (secondary N) is 1. The molecule has 0 aliphatic rings. The van der Waals surface area contributed by atoms with Gasteiger partial charge in [0.15, 0.2) is 0 Å². The van der Waals surface area contributed by atoms with Gasteiger partial charge in [0.25, 0.3) is 10.1 Å². The molecule has 318 valence electrons. The zero-order valence-electron chi connectivity index (χ0n) is 35.2. The van der Waals surface area contributed by atoms with Gasteiger partial charge in [0.1, 0.15) is 6.10 Å². The number of hydrogen-bond acceptors (Lipinski definition) is 5. The van der Waals surface area contributed by atoms with Crippen molar-refractivity contribution in [3.63, 3.8) is 0 Å². The third kappa shape index (κ3) is 38.8. The quantitative estimate of drug-likeness (QED) is 0.0278. The van der Waals surface area contributed by atoms with E-state index in [1.807, 2.05) is 0 Å². The summed E-state index contributed by atoms with van der Waals surface area (Å²) in [7, 11) is -4.45. The van der Waals surface area contributed by atoms with Crippen molar-refractivity contribution in [3.8, 4) is 0 Å². The van der Waals surface area contributed by atoms with Gasteiger partial charge in [0, 0.05) is 0 Å². The van der Waals surface area contributed by atoms with Gasteiger partial charge in [-0.25, -0.2) is 0 Å². The maximum atomic E-state index is 12.6. The molecular weight excluding hydrogens is 695 g/mol. The summed E-state index contributed by atoms with van der Waals surface area (Å²) in [6.07, 6.45) is 49.1. The molecule has 8 heteroatoms. The van der Waals surface area contributed by atoms with E-state index in [9.17, 15) is 28.0 Å². The Morgan fingerprint density at radius 3 is 1.26 bits per heavy atom. The lowest BCUT2D eigenvalue weighted by Crippen LogP contribution is -2.50. The summed E-state index contributed by atoms with van der Waals surface area (Å²) in [6.45, 7) is 4.52. The molecule has 1 amide bonds. The SMILES string of the molecule is CCCCCCCCCCC/C=C\C/C=C\CCCCCCCCC(O)C(=O)NC(CS(=O)(=O)O)C(O)/C=C/CCCCCCCCCCCCCCC. The number of carbonyl (C=O) groups is 1. The zero-order chi connectivity index (χ0) is 39.8. The largest absolute Gasteiger partial charge is 0.387 e. The lowest BCUT2D eigenvalue weighted by Gasteiger charge is -2.22. The highest BCUT2D eigenvalue weighted by Crippen LogP contribution is 2.15.